The Labute approximate surface area is 179 Å². The van der Waals surface area contributed by atoms with Crippen molar-refractivity contribution in [3.63, 3.8) is 0 Å². The summed E-state index contributed by atoms with van der Waals surface area (Å²) >= 11 is 2.42. The molecule has 0 aromatic heterocycles. The fourth-order valence-electron chi connectivity index (χ4n) is 5.47. The van der Waals surface area contributed by atoms with Gasteiger partial charge < -0.3 is 15.0 Å². The molecule has 1 aromatic rings. The van der Waals surface area contributed by atoms with Crippen LogP contribution >= 0.6 is 22.6 Å². The lowest BCUT2D eigenvalue weighted by molar-refractivity contribution is -0.140. The molecule has 2 saturated carbocycles. The van der Waals surface area contributed by atoms with E-state index in [9.17, 15) is 9.59 Å². The van der Waals surface area contributed by atoms with Gasteiger partial charge in [0, 0.05) is 22.6 Å². The molecule has 28 heavy (non-hydrogen) atoms. The van der Waals surface area contributed by atoms with Crippen molar-refractivity contribution in [2.24, 2.45) is 17.8 Å². The van der Waals surface area contributed by atoms with Gasteiger partial charge in [-0.2, -0.15) is 0 Å². The molecule has 150 valence electrons. The number of piperidine rings is 1. The molecule has 1 aromatic carbocycles. The van der Waals surface area contributed by atoms with Gasteiger partial charge in [-0.05, 0) is 81.9 Å². The van der Waals surface area contributed by atoms with Crippen molar-refractivity contribution in [3.8, 4) is 0 Å². The second-order valence-corrected chi connectivity index (χ2v) is 11.5. The van der Waals surface area contributed by atoms with Gasteiger partial charge in [-0.15, -0.1) is 0 Å². The minimum Gasteiger partial charge on any atom is -0.447 e. The van der Waals surface area contributed by atoms with Crippen LogP contribution in [0.4, 0.5) is 4.79 Å². The quantitative estimate of drug-likeness (QED) is 0.639. The van der Waals surface area contributed by atoms with Gasteiger partial charge >= 0.3 is 6.09 Å². The molecule has 2 amide bonds. The molecule has 6 heteroatoms. The molecule has 5 rings (SSSR count). The van der Waals surface area contributed by atoms with E-state index in [-0.39, 0.29) is 28.9 Å². The number of hydrogen-bond acceptors (Lipinski definition) is 3. The number of likely N-dealkylation sites (tertiary alicyclic amines) is 1. The van der Waals surface area contributed by atoms with Crippen molar-refractivity contribution < 1.29 is 14.3 Å². The lowest BCUT2D eigenvalue weighted by Crippen LogP contribution is -2.58. The fraction of sp³-hybridized carbons (Fsp3) is 0.636. The summed E-state index contributed by atoms with van der Waals surface area (Å²) in [5.41, 5.74) is 2.73. The first-order chi connectivity index (χ1) is 13.2. The van der Waals surface area contributed by atoms with E-state index in [4.69, 9.17) is 4.74 Å². The Morgan fingerprint density at radius 2 is 1.89 bits per heavy atom. The van der Waals surface area contributed by atoms with Crippen molar-refractivity contribution in [1.82, 2.24) is 10.2 Å². The number of ether oxygens (including phenoxy) is 1. The minimum atomic E-state index is -0.344. The van der Waals surface area contributed by atoms with E-state index >= 15 is 0 Å². The van der Waals surface area contributed by atoms with E-state index in [1.807, 2.05) is 0 Å². The second-order valence-electron chi connectivity index (χ2n) is 10.2. The normalized spacial score (nSPS) is 36.0. The molecule has 1 N–H and O–H groups in total. The Balaban J connectivity index is 1.21. The van der Waals surface area contributed by atoms with Gasteiger partial charge in [0.15, 0.2) is 0 Å². The standard InChI is InChI=1S/C22H27IN2O3/c1-21(2,3)14-4-12(5-15(23)6-14)18-16-9-25(10-17(16)18)19(26)13-7-22(8-13)11-28-20(27)24-22/h4-6,13,16-18H,7-11H2,1-3H3,(H,24,27)/t13?,16-,17+,18+,22?. The zero-order chi connectivity index (χ0) is 19.8. The van der Waals surface area contributed by atoms with Crippen LogP contribution in [-0.2, 0) is 14.9 Å². The largest absolute Gasteiger partial charge is 0.447 e. The summed E-state index contributed by atoms with van der Waals surface area (Å²) in [6.07, 6.45) is 1.10. The predicted octanol–water partition coefficient (Wildman–Crippen LogP) is 3.65. The smallest absolute Gasteiger partial charge is 0.407 e. The van der Waals surface area contributed by atoms with Gasteiger partial charge in [0.25, 0.3) is 0 Å². The average molecular weight is 494 g/mol. The number of amides is 2. The van der Waals surface area contributed by atoms with Crippen LogP contribution in [0.3, 0.4) is 0 Å². The summed E-state index contributed by atoms with van der Waals surface area (Å²) in [5.74, 6) is 2.14. The van der Waals surface area contributed by atoms with Gasteiger partial charge in [-0.25, -0.2) is 4.79 Å². The number of cyclic esters (lactones) is 1. The number of carbonyl (C=O) groups excluding carboxylic acids is 2. The van der Waals surface area contributed by atoms with Gasteiger partial charge in [0.1, 0.15) is 6.61 Å². The van der Waals surface area contributed by atoms with E-state index in [1.54, 1.807) is 0 Å². The summed E-state index contributed by atoms with van der Waals surface area (Å²) in [6, 6.07) is 7.00. The Morgan fingerprint density at radius 1 is 1.21 bits per heavy atom. The SMILES string of the molecule is CC(C)(C)c1cc(I)cc([C@H]2[C@@H]3CN(C(=O)C4CC5(COC(=O)N5)C4)C[C@@H]32)c1. The Bertz CT molecular complexity index is 844. The number of halogens is 1. The van der Waals surface area contributed by atoms with E-state index < -0.39 is 0 Å². The molecule has 3 atom stereocenters. The zero-order valence-corrected chi connectivity index (χ0v) is 18.8. The summed E-state index contributed by atoms with van der Waals surface area (Å²) in [6.45, 7) is 8.97. The number of rotatable bonds is 2. The first kappa shape index (κ1) is 18.7. The minimum absolute atomic E-state index is 0.0446. The van der Waals surface area contributed by atoms with Gasteiger partial charge in [-0.3, -0.25) is 4.79 Å². The van der Waals surface area contributed by atoms with E-state index in [0.29, 0.717) is 24.4 Å². The van der Waals surface area contributed by atoms with Gasteiger partial charge in [0.2, 0.25) is 5.91 Å². The van der Waals surface area contributed by atoms with Crippen molar-refractivity contribution in [2.45, 2.75) is 50.5 Å². The first-order valence-electron chi connectivity index (χ1n) is 10.2. The number of alkyl carbamates (subject to hydrolysis) is 1. The summed E-state index contributed by atoms with van der Waals surface area (Å²) in [5, 5.41) is 2.88. The average Bonchev–Trinajstić information content (AvgIpc) is 2.91. The highest BCUT2D eigenvalue weighted by Crippen LogP contribution is 2.59. The molecular formula is C22H27IN2O3. The monoisotopic (exact) mass is 494 g/mol. The van der Waals surface area contributed by atoms with E-state index in [2.05, 4.69) is 71.8 Å². The van der Waals surface area contributed by atoms with Crippen LogP contribution in [0.2, 0.25) is 0 Å². The van der Waals surface area contributed by atoms with Crippen LogP contribution in [0.5, 0.6) is 0 Å². The molecule has 0 bridgehead atoms. The first-order valence-corrected chi connectivity index (χ1v) is 11.3. The van der Waals surface area contributed by atoms with Crippen LogP contribution < -0.4 is 5.32 Å². The van der Waals surface area contributed by atoms with E-state index in [1.165, 1.54) is 14.7 Å². The molecule has 2 aliphatic heterocycles. The highest BCUT2D eigenvalue weighted by atomic mass is 127. The topological polar surface area (TPSA) is 58.6 Å². The van der Waals surface area contributed by atoms with Crippen LogP contribution in [0.25, 0.3) is 0 Å². The van der Waals surface area contributed by atoms with Gasteiger partial charge in [0.05, 0.1) is 5.54 Å². The maximum atomic E-state index is 12.9. The summed E-state index contributed by atoms with van der Waals surface area (Å²) < 4.78 is 6.32. The maximum Gasteiger partial charge on any atom is 0.407 e. The van der Waals surface area contributed by atoms with Crippen LogP contribution in [0, 0.1) is 21.3 Å². The Hall–Kier alpha value is -1.31. The molecule has 2 heterocycles. The maximum absolute atomic E-state index is 12.9. The molecule has 1 spiro atoms. The second kappa shape index (κ2) is 6.09. The van der Waals surface area contributed by atoms with Crippen molar-refractivity contribution in [1.29, 1.82) is 0 Å². The summed E-state index contributed by atoms with van der Waals surface area (Å²) in [7, 11) is 0. The van der Waals surface area contributed by atoms with Crippen molar-refractivity contribution >= 4 is 34.6 Å². The van der Waals surface area contributed by atoms with Crippen LogP contribution in [-0.4, -0.2) is 42.1 Å². The fourth-order valence-corrected chi connectivity index (χ4v) is 6.16. The molecule has 2 aliphatic carbocycles. The zero-order valence-electron chi connectivity index (χ0n) is 16.6. The van der Waals surface area contributed by atoms with Crippen LogP contribution in [0.15, 0.2) is 18.2 Å². The molecule has 4 fully saturated rings. The number of nitrogens with one attached hydrogen (secondary N) is 1. The lowest BCUT2D eigenvalue weighted by atomic mass is 9.68. The molecule has 2 saturated heterocycles. The van der Waals surface area contributed by atoms with Gasteiger partial charge in [-0.1, -0.05) is 26.8 Å². The van der Waals surface area contributed by atoms with Crippen molar-refractivity contribution in [3.05, 3.63) is 32.9 Å². The number of fused-ring (bicyclic) bond motifs is 1. The third-order valence-corrected chi connectivity index (χ3v) is 7.77. The third kappa shape index (κ3) is 3.02. The molecule has 5 nitrogen and oxygen atoms in total. The Morgan fingerprint density at radius 3 is 2.46 bits per heavy atom. The lowest BCUT2D eigenvalue weighted by Gasteiger charge is -2.43. The van der Waals surface area contributed by atoms with Crippen LogP contribution in [0.1, 0.15) is 50.7 Å². The molecular weight excluding hydrogens is 467 g/mol. The molecule has 0 unspecified atom stereocenters. The van der Waals surface area contributed by atoms with E-state index in [0.717, 1.165) is 25.9 Å². The highest BCUT2D eigenvalue weighted by Gasteiger charge is 2.59. The predicted molar refractivity (Wildman–Crippen MR) is 114 cm³/mol. The molecule has 0 radical (unpaired) electrons. The number of nitrogens with zero attached hydrogens (tertiary/aromatic N) is 1. The van der Waals surface area contributed by atoms with Crippen molar-refractivity contribution in [2.75, 3.05) is 19.7 Å². The number of carbonyl (C=O) groups is 2. The number of hydrogen-bond donors (Lipinski definition) is 1. The molecule has 4 aliphatic rings. The number of benzene rings is 1. The summed E-state index contributed by atoms with van der Waals surface area (Å²) in [4.78, 5) is 26.2. The highest BCUT2D eigenvalue weighted by molar-refractivity contribution is 14.1. The Kier molecular flexibility index (Phi) is 4.07. The third-order valence-electron chi connectivity index (χ3n) is 7.15.